The van der Waals surface area contributed by atoms with Crippen molar-refractivity contribution < 1.29 is 9.53 Å². The Morgan fingerprint density at radius 2 is 2.55 bits per heavy atom. The van der Waals surface area contributed by atoms with Crippen LogP contribution in [0.2, 0.25) is 0 Å². The van der Waals surface area contributed by atoms with Crippen LogP contribution in [0.25, 0.3) is 0 Å². The molecule has 0 saturated carbocycles. The molecule has 1 atom stereocenters. The van der Waals surface area contributed by atoms with Crippen LogP contribution in [0.1, 0.15) is 25.7 Å². The first kappa shape index (κ1) is 8.31. The second-order valence-electron chi connectivity index (χ2n) is 2.90. The number of rotatable bonds is 2. The standard InChI is InChI=1S/C9H14O2/c1-11-9(10)7-8-5-3-2-4-6-8/h3,5,8H,2,4,6-7H2,1H3/t8-/m1/s1. The van der Waals surface area contributed by atoms with E-state index in [1.54, 1.807) is 0 Å². The Hall–Kier alpha value is -0.790. The zero-order valence-corrected chi connectivity index (χ0v) is 6.88. The fourth-order valence-electron chi connectivity index (χ4n) is 1.35. The van der Waals surface area contributed by atoms with Gasteiger partial charge < -0.3 is 4.74 Å². The molecule has 0 radical (unpaired) electrons. The van der Waals surface area contributed by atoms with Gasteiger partial charge in [-0.25, -0.2) is 0 Å². The van der Waals surface area contributed by atoms with Crippen LogP contribution >= 0.6 is 0 Å². The van der Waals surface area contributed by atoms with Crippen LogP contribution in [0.5, 0.6) is 0 Å². The summed E-state index contributed by atoms with van der Waals surface area (Å²) in [5, 5.41) is 0. The minimum Gasteiger partial charge on any atom is -0.469 e. The van der Waals surface area contributed by atoms with Crippen LogP contribution in [0.15, 0.2) is 12.2 Å². The molecule has 0 amide bonds. The highest BCUT2D eigenvalue weighted by Crippen LogP contribution is 2.20. The highest BCUT2D eigenvalue weighted by molar-refractivity contribution is 5.69. The fraction of sp³-hybridized carbons (Fsp3) is 0.667. The lowest BCUT2D eigenvalue weighted by atomic mass is 9.93. The van der Waals surface area contributed by atoms with E-state index in [1.165, 1.54) is 13.5 Å². The maximum Gasteiger partial charge on any atom is 0.306 e. The van der Waals surface area contributed by atoms with Gasteiger partial charge in [-0.05, 0) is 25.2 Å². The number of ether oxygens (including phenoxy) is 1. The molecule has 0 spiro atoms. The molecular formula is C9H14O2. The molecular weight excluding hydrogens is 140 g/mol. The Labute approximate surface area is 67.2 Å². The Balaban J connectivity index is 2.30. The van der Waals surface area contributed by atoms with Gasteiger partial charge in [-0.3, -0.25) is 4.79 Å². The molecule has 0 aromatic carbocycles. The number of carbonyl (C=O) groups is 1. The Bertz CT molecular complexity index is 161. The lowest BCUT2D eigenvalue weighted by molar-refractivity contribution is -0.141. The molecule has 0 heterocycles. The zero-order valence-electron chi connectivity index (χ0n) is 6.88. The molecule has 11 heavy (non-hydrogen) atoms. The van der Waals surface area contributed by atoms with Gasteiger partial charge in [0.25, 0.3) is 0 Å². The summed E-state index contributed by atoms with van der Waals surface area (Å²) >= 11 is 0. The molecule has 0 unspecified atom stereocenters. The molecule has 2 heteroatoms. The summed E-state index contributed by atoms with van der Waals surface area (Å²) in [5.41, 5.74) is 0. The predicted octanol–water partition coefficient (Wildman–Crippen LogP) is 1.91. The third kappa shape index (κ3) is 2.74. The molecule has 2 nitrogen and oxygen atoms in total. The fourth-order valence-corrected chi connectivity index (χ4v) is 1.35. The number of carbonyl (C=O) groups excluding carboxylic acids is 1. The normalized spacial score (nSPS) is 23.2. The van der Waals surface area contributed by atoms with Gasteiger partial charge in [0, 0.05) is 0 Å². The molecule has 0 aromatic rings. The smallest absolute Gasteiger partial charge is 0.306 e. The Kier molecular flexibility index (Phi) is 3.14. The first-order chi connectivity index (χ1) is 5.33. The van der Waals surface area contributed by atoms with Gasteiger partial charge in [-0.15, -0.1) is 0 Å². The predicted molar refractivity (Wildman–Crippen MR) is 43.1 cm³/mol. The van der Waals surface area contributed by atoms with Crippen molar-refractivity contribution in [1.29, 1.82) is 0 Å². The minimum absolute atomic E-state index is 0.0958. The van der Waals surface area contributed by atoms with E-state index in [0.717, 1.165) is 12.8 Å². The van der Waals surface area contributed by atoms with Crippen molar-refractivity contribution in [2.45, 2.75) is 25.7 Å². The van der Waals surface area contributed by atoms with Crippen molar-refractivity contribution in [3.63, 3.8) is 0 Å². The lowest BCUT2D eigenvalue weighted by Gasteiger charge is -2.13. The third-order valence-electron chi connectivity index (χ3n) is 2.01. The van der Waals surface area contributed by atoms with Crippen LogP contribution < -0.4 is 0 Å². The highest BCUT2D eigenvalue weighted by atomic mass is 16.5. The van der Waals surface area contributed by atoms with E-state index in [1.807, 2.05) is 0 Å². The van der Waals surface area contributed by atoms with Crippen molar-refractivity contribution in [2.75, 3.05) is 7.11 Å². The van der Waals surface area contributed by atoms with Crippen LogP contribution in [0.3, 0.4) is 0 Å². The number of methoxy groups -OCH3 is 1. The molecule has 0 N–H and O–H groups in total. The van der Waals surface area contributed by atoms with E-state index in [4.69, 9.17) is 0 Å². The van der Waals surface area contributed by atoms with Crippen molar-refractivity contribution >= 4 is 5.97 Å². The number of allylic oxidation sites excluding steroid dienone is 2. The van der Waals surface area contributed by atoms with Crippen LogP contribution in [0, 0.1) is 5.92 Å². The summed E-state index contributed by atoms with van der Waals surface area (Å²) < 4.78 is 4.58. The van der Waals surface area contributed by atoms with Crippen molar-refractivity contribution in [1.82, 2.24) is 0 Å². The summed E-state index contributed by atoms with van der Waals surface area (Å²) in [4.78, 5) is 10.8. The average molecular weight is 154 g/mol. The van der Waals surface area contributed by atoms with E-state index in [0.29, 0.717) is 12.3 Å². The molecule has 0 bridgehead atoms. The van der Waals surface area contributed by atoms with Gasteiger partial charge in [0.05, 0.1) is 13.5 Å². The van der Waals surface area contributed by atoms with E-state index in [-0.39, 0.29) is 5.97 Å². The molecule has 0 saturated heterocycles. The monoisotopic (exact) mass is 154 g/mol. The molecule has 1 aliphatic rings. The maximum atomic E-state index is 10.8. The first-order valence-electron chi connectivity index (χ1n) is 4.06. The summed E-state index contributed by atoms with van der Waals surface area (Å²) in [7, 11) is 1.44. The van der Waals surface area contributed by atoms with Gasteiger partial charge in [0.1, 0.15) is 0 Å². The van der Waals surface area contributed by atoms with Crippen molar-refractivity contribution in [2.24, 2.45) is 5.92 Å². The first-order valence-corrected chi connectivity index (χ1v) is 4.06. The third-order valence-corrected chi connectivity index (χ3v) is 2.01. The Morgan fingerprint density at radius 1 is 1.73 bits per heavy atom. The van der Waals surface area contributed by atoms with Gasteiger partial charge in [0.2, 0.25) is 0 Å². The average Bonchev–Trinajstić information content (AvgIpc) is 2.06. The van der Waals surface area contributed by atoms with Crippen LogP contribution in [-0.4, -0.2) is 13.1 Å². The molecule has 0 aliphatic heterocycles. The SMILES string of the molecule is COC(=O)C[C@@H]1C=CCCC1. The summed E-state index contributed by atoms with van der Waals surface area (Å²) in [6.45, 7) is 0. The summed E-state index contributed by atoms with van der Waals surface area (Å²) in [6.07, 6.45) is 8.33. The molecule has 1 aliphatic carbocycles. The number of hydrogen-bond donors (Lipinski definition) is 0. The van der Waals surface area contributed by atoms with E-state index in [9.17, 15) is 4.79 Å². The second-order valence-corrected chi connectivity index (χ2v) is 2.90. The quantitative estimate of drug-likeness (QED) is 0.448. The van der Waals surface area contributed by atoms with Gasteiger partial charge in [-0.2, -0.15) is 0 Å². The molecule has 0 fully saturated rings. The molecule has 62 valence electrons. The van der Waals surface area contributed by atoms with E-state index in [2.05, 4.69) is 16.9 Å². The minimum atomic E-state index is -0.0958. The molecule has 1 rings (SSSR count). The lowest BCUT2D eigenvalue weighted by Crippen LogP contribution is -2.09. The second kappa shape index (κ2) is 4.16. The maximum absolute atomic E-state index is 10.8. The van der Waals surface area contributed by atoms with Crippen LogP contribution in [-0.2, 0) is 9.53 Å². The van der Waals surface area contributed by atoms with Crippen molar-refractivity contribution in [3.8, 4) is 0 Å². The number of esters is 1. The molecule has 0 aromatic heterocycles. The van der Waals surface area contributed by atoms with Crippen LogP contribution in [0.4, 0.5) is 0 Å². The van der Waals surface area contributed by atoms with Crippen molar-refractivity contribution in [3.05, 3.63) is 12.2 Å². The highest BCUT2D eigenvalue weighted by Gasteiger charge is 2.12. The van der Waals surface area contributed by atoms with Gasteiger partial charge >= 0.3 is 5.97 Å². The Morgan fingerprint density at radius 3 is 3.09 bits per heavy atom. The summed E-state index contributed by atoms with van der Waals surface area (Å²) in [6, 6.07) is 0. The van der Waals surface area contributed by atoms with E-state index >= 15 is 0 Å². The van der Waals surface area contributed by atoms with E-state index < -0.39 is 0 Å². The van der Waals surface area contributed by atoms with Gasteiger partial charge in [0.15, 0.2) is 0 Å². The zero-order chi connectivity index (χ0) is 8.10. The summed E-state index contributed by atoms with van der Waals surface area (Å²) in [5.74, 6) is 0.331. The largest absolute Gasteiger partial charge is 0.469 e. The number of hydrogen-bond acceptors (Lipinski definition) is 2. The topological polar surface area (TPSA) is 26.3 Å². The van der Waals surface area contributed by atoms with Gasteiger partial charge in [-0.1, -0.05) is 12.2 Å².